The number of aromatic amines is 1. The first-order chi connectivity index (χ1) is 12.1. The van der Waals surface area contributed by atoms with Crippen molar-refractivity contribution in [3.8, 4) is 0 Å². The molecular weight excluding hydrogens is 310 g/mol. The Balaban J connectivity index is 1.71. The second-order valence-electron chi connectivity index (χ2n) is 7.27. The fraction of sp³-hybridized carbons (Fsp3) is 0.333. The van der Waals surface area contributed by atoms with Crippen molar-refractivity contribution in [2.75, 3.05) is 11.4 Å². The molecule has 1 aliphatic rings. The van der Waals surface area contributed by atoms with Gasteiger partial charge in [-0.05, 0) is 30.2 Å². The minimum absolute atomic E-state index is 0.193. The molecule has 4 nitrogen and oxygen atoms in total. The van der Waals surface area contributed by atoms with Crippen LogP contribution in [-0.4, -0.2) is 17.4 Å². The predicted octanol–water partition coefficient (Wildman–Crippen LogP) is 3.63. The van der Waals surface area contributed by atoms with Gasteiger partial charge in [-0.15, -0.1) is 0 Å². The average molecular weight is 334 g/mol. The number of carbonyl (C=O) groups excluding carboxylic acids is 1. The molecule has 1 saturated heterocycles. The maximum Gasteiger partial charge on any atom is 0.260 e. The summed E-state index contributed by atoms with van der Waals surface area (Å²) >= 11 is 0. The third kappa shape index (κ3) is 2.93. The normalized spacial score (nSPS) is 17.8. The largest absolute Gasteiger partial charge is 0.311 e. The van der Waals surface area contributed by atoms with Gasteiger partial charge >= 0.3 is 0 Å². The Morgan fingerprint density at radius 1 is 1.12 bits per heavy atom. The lowest BCUT2D eigenvalue weighted by molar-refractivity contribution is -0.685. The standard InChI is InChI=1S/C21H23N3O/c1-15(2)13-24-19-11-7-6-10-18(19)22-21(24)16-12-20(25)23(14-16)17-8-4-3-5-9-17/h3-11,15-16H,12-14H2,1-2H3/p+1. The van der Waals surface area contributed by atoms with Crippen molar-refractivity contribution in [1.82, 2.24) is 4.98 Å². The molecule has 0 spiro atoms. The van der Waals surface area contributed by atoms with E-state index in [2.05, 4.69) is 47.7 Å². The number of nitrogens with one attached hydrogen (secondary N) is 1. The lowest BCUT2D eigenvalue weighted by Crippen LogP contribution is -2.41. The molecule has 1 aromatic heterocycles. The quantitative estimate of drug-likeness (QED) is 0.727. The summed E-state index contributed by atoms with van der Waals surface area (Å²) in [6.07, 6.45) is 0.555. The fourth-order valence-electron chi connectivity index (χ4n) is 3.78. The lowest BCUT2D eigenvalue weighted by Gasteiger charge is -2.16. The van der Waals surface area contributed by atoms with Crippen LogP contribution in [0.25, 0.3) is 11.0 Å². The summed E-state index contributed by atoms with van der Waals surface area (Å²) in [6.45, 7) is 6.15. The van der Waals surface area contributed by atoms with E-state index in [0.717, 1.165) is 24.3 Å². The number of carbonyl (C=O) groups is 1. The number of nitrogens with zero attached hydrogens (tertiary/aromatic N) is 2. The molecule has 4 heteroatoms. The number of hydrogen-bond acceptors (Lipinski definition) is 1. The van der Waals surface area contributed by atoms with Crippen LogP contribution in [-0.2, 0) is 11.3 Å². The molecule has 1 aliphatic heterocycles. The van der Waals surface area contributed by atoms with Gasteiger partial charge in [0, 0.05) is 18.7 Å². The first-order valence-corrected chi connectivity index (χ1v) is 8.99. The van der Waals surface area contributed by atoms with Gasteiger partial charge in [0.1, 0.15) is 0 Å². The minimum atomic E-state index is 0.193. The Kier molecular flexibility index (Phi) is 4.04. The van der Waals surface area contributed by atoms with E-state index >= 15 is 0 Å². The van der Waals surface area contributed by atoms with Gasteiger partial charge in [0.25, 0.3) is 5.82 Å². The minimum Gasteiger partial charge on any atom is -0.311 e. The van der Waals surface area contributed by atoms with Crippen LogP contribution in [0.5, 0.6) is 0 Å². The molecule has 25 heavy (non-hydrogen) atoms. The van der Waals surface area contributed by atoms with Crippen LogP contribution >= 0.6 is 0 Å². The van der Waals surface area contributed by atoms with Crippen LogP contribution in [0, 0.1) is 5.92 Å². The highest BCUT2D eigenvalue weighted by atomic mass is 16.2. The third-order valence-corrected chi connectivity index (χ3v) is 4.88. The average Bonchev–Trinajstić information content (AvgIpc) is 3.16. The van der Waals surface area contributed by atoms with Crippen LogP contribution in [0.4, 0.5) is 5.69 Å². The molecule has 1 fully saturated rings. The van der Waals surface area contributed by atoms with E-state index in [1.54, 1.807) is 0 Å². The molecule has 0 radical (unpaired) electrons. The number of fused-ring (bicyclic) bond motifs is 1. The van der Waals surface area contributed by atoms with Crippen molar-refractivity contribution in [3.05, 3.63) is 60.4 Å². The molecule has 2 aromatic carbocycles. The number of hydrogen-bond donors (Lipinski definition) is 1. The molecule has 2 heterocycles. The van der Waals surface area contributed by atoms with E-state index in [-0.39, 0.29) is 11.8 Å². The predicted molar refractivity (Wildman–Crippen MR) is 99.5 cm³/mol. The van der Waals surface area contributed by atoms with Gasteiger partial charge in [-0.25, -0.2) is 9.55 Å². The number of aromatic nitrogens is 2. The van der Waals surface area contributed by atoms with Crippen LogP contribution < -0.4 is 9.47 Å². The molecule has 0 aliphatic carbocycles. The van der Waals surface area contributed by atoms with Gasteiger partial charge in [-0.1, -0.05) is 44.2 Å². The van der Waals surface area contributed by atoms with Crippen molar-refractivity contribution in [3.63, 3.8) is 0 Å². The summed E-state index contributed by atoms with van der Waals surface area (Å²) in [5, 5.41) is 0. The van der Waals surface area contributed by atoms with Crippen LogP contribution in [0.1, 0.15) is 32.0 Å². The van der Waals surface area contributed by atoms with Crippen LogP contribution in [0.3, 0.4) is 0 Å². The highest BCUT2D eigenvalue weighted by molar-refractivity contribution is 5.96. The van der Waals surface area contributed by atoms with Gasteiger partial charge in [0.2, 0.25) is 5.91 Å². The Hall–Kier alpha value is -2.62. The number of H-pyrrole nitrogens is 1. The first-order valence-electron chi connectivity index (χ1n) is 8.99. The molecule has 1 unspecified atom stereocenters. The molecule has 4 rings (SSSR count). The van der Waals surface area contributed by atoms with Crippen molar-refractivity contribution >= 4 is 22.6 Å². The topological polar surface area (TPSA) is 40.0 Å². The molecule has 1 amide bonds. The van der Waals surface area contributed by atoms with Crippen LogP contribution in [0.15, 0.2) is 54.6 Å². The molecule has 1 N–H and O–H groups in total. The first kappa shape index (κ1) is 15.9. The third-order valence-electron chi connectivity index (χ3n) is 4.88. The summed E-state index contributed by atoms with van der Waals surface area (Å²) in [7, 11) is 0. The molecule has 128 valence electrons. The van der Waals surface area contributed by atoms with Crippen molar-refractivity contribution in [2.24, 2.45) is 5.92 Å². The summed E-state index contributed by atoms with van der Waals surface area (Å²) < 4.78 is 2.37. The zero-order valence-corrected chi connectivity index (χ0v) is 14.8. The van der Waals surface area contributed by atoms with Crippen molar-refractivity contribution in [1.29, 1.82) is 0 Å². The second-order valence-corrected chi connectivity index (χ2v) is 7.27. The second kappa shape index (κ2) is 6.36. The molecule has 3 aromatic rings. The number of anilines is 1. The van der Waals surface area contributed by atoms with Gasteiger partial charge in [-0.3, -0.25) is 4.79 Å². The van der Waals surface area contributed by atoms with Gasteiger partial charge < -0.3 is 4.90 Å². The van der Waals surface area contributed by atoms with Gasteiger partial charge in [-0.2, -0.15) is 0 Å². The zero-order chi connectivity index (χ0) is 17.4. The molecule has 1 atom stereocenters. The summed E-state index contributed by atoms with van der Waals surface area (Å²) in [4.78, 5) is 18.1. The lowest BCUT2D eigenvalue weighted by atomic mass is 10.1. The highest BCUT2D eigenvalue weighted by Crippen LogP contribution is 2.30. The number of amides is 1. The van der Waals surface area contributed by atoms with E-state index in [1.165, 1.54) is 11.3 Å². The van der Waals surface area contributed by atoms with Gasteiger partial charge in [0.15, 0.2) is 11.0 Å². The molecule has 0 bridgehead atoms. The van der Waals surface area contributed by atoms with Gasteiger partial charge in [0.05, 0.1) is 12.5 Å². The smallest absolute Gasteiger partial charge is 0.260 e. The fourth-order valence-corrected chi connectivity index (χ4v) is 3.78. The van der Waals surface area contributed by atoms with E-state index in [9.17, 15) is 4.79 Å². The maximum atomic E-state index is 12.6. The number of imidazole rings is 1. The molecular formula is C21H24N3O+. The number of benzene rings is 2. The molecule has 0 saturated carbocycles. The van der Waals surface area contributed by atoms with Crippen LogP contribution in [0.2, 0.25) is 0 Å². The highest BCUT2D eigenvalue weighted by Gasteiger charge is 2.38. The summed E-state index contributed by atoms with van der Waals surface area (Å²) in [5.74, 6) is 2.11. The van der Waals surface area contributed by atoms with E-state index in [0.29, 0.717) is 12.3 Å². The number of para-hydroxylation sites is 3. The van der Waals surface area contributed by atoms with E-state index < -0.39 is 0 Å². The van der Waals surface area contributed by atoms with E-state index in [1.807, 2.05) is 35.2 Å². The van der Waals surface area contributed by atoms with E-state index in [4.69, 9.17) is 0 Å². The monoisotopic (exact) mass is 334 g/mol. The van der Waals surface area contributed by atoms with Crippen molar-refractivity contribution < 1.29 is 9.36 Å². The number of rotatable bonds is 4. The summed E-state index contributed by atoms with van der Waals surface area (Å²) in [6, 6.07) is 18.4. The summed E-state index contributed by atoms with van der Waals surface area (Å²) in [5.41, 5.74) is 3.35. The van der Waals surface area contributed by atoms with Crippen molar-refractivity contribution in [2.45, 2.75) is 32.7 Å². The Morgan fingerprint density at radius 3 is 2.60 bits per heavy atom. The maximum absolute atomic E-state index is 12.6. The SMILES string of the molecule is CC(C)C[n+]1c(C2CC(=O)N(c3ccccc3)C2)[nH]c2ccccc21. The Bertz CT molecular complexity index is 898. The zero-order valence-electron chi connectivity index (χ0n) is 14.8. The Morgan fingerprint density at radius 2 is 1.84 bits per heavy atom. The Labute approximate surface area is 148 Å².